The number of aromatic nitrogens is 1. The zero-order chi connectivity index (χ0) is 35.4. The molecule has 0 radical (unpaired) electrons. The molecule has 11 heteroatoms. The number of carbonyl (C=O) groups is 1. The molecule has 4 aromatic carbocycles. The topological polar surface area (TPSA) is 122 Å². The summed E-state index contributed by atoms with van der Waals surface area (Å²) in [4.78, 5) is 45.2. The van der Waals surface area contributed by atoms with Crippen LogP contribution in [0.15, 0.2) is 112 Å². The maximum Gasteiger partial charge on any atom is 0.338 e. The molecule has 1 aliphatic rings. The van der Waals surface area contributed by atoms with E-state index >= 15 is 0 Å². The average molecular weight is 690 g/mol. The molecule has 0 saturated heterocycles. The van der Waals surface area contributed by atoms with Crippen LogP contribution in [0.1, 0.15) is 60.5 Å². The van der Waals surface area contributed by atoms with Crippen molar-refractivity contribution < 1.29 is 23.9 Å². The Hall–Kier alpha value is -5.81. The van der Waals surface area contributed by atoms with E-state index in [1.54, 1.807) is 6.92 Å². The van der Waals surface area contributed by atoms with Gasteiger partial charge in [0, 0.05) is 5.56 Å². The first-order chi connectivity index (χ1) is 24.2. The summed E-state index contributed by atoms with van der Waals surface area (Å²) >= 11 is 1.08. The Bertz CT molecular complexity index is 2260. The molecule has 2 heterocycles. The van der Waals surface area contributed by atoms with Crippen LogP contribution in [0.25, 0.3) is 11.8 Å². The number of nitro groups is 1. The lowest BCUT2D eigenvalue weighted by atomic mass is 9.91. The number of benzene rings is 4. The zero-order valence-electron chi connectivity index (χ0n) is 28.0. The quantitative estimate of drug-likeness (QED) is 0.0875. The SMILES string of the molecule is CCOC(=O)C1=C(c2ccccc2)N=c2s/c(=C\c3cc(OC)c(OCc4ccccc4)cc3[N+](=O)[O-])c(=O)n2[C@@H]1c1ccc(C(C)C)cc1. The molecule has 0 aliphatic carbocycles. The molecule has 1 aliphatic heterocycles. The fourth-order valence-electron chi connectivity index (χ4n) is 5.81. The highest BCUT2D eigenvalue weighted by molar-refractivity contribution is 7.07. The molecule has 5 aromatic rings. The van der Waals surface area contributed by atoms with Crippen LogP contribution in [0.2, 0.25) is 0 Å². The molecular formula is C39H35N3O7S. The van der Waals surface area contributed by atoms with Gasteiger partial charge in [-0.3, -0.25) is 19.5 Å². The maximum absolute atomic E-state index is 14.4. The van der Waals surface area contributed by atoms with Crippen molar-refractivity contribution in [2.45, 2.75) is 39.3 Å². The van der Waals surface area contributed by atoms with Gasteiger partial charge in [-0.2, -0.15) is 0 Å². The van der Waals surface area contributed by atoms with E-state index < -0.39 is 22.5 Å². The normalized spacial score (nSPS) is 14.3. The molecule has 0 saturated carbocycles. The molecule has 0 amide bonds. The van der Waals surface area contributed by atoms with Gasteiger partial charge in [-0.05, 0) is 41.7 Å². The van der Waals surface area contributed by atoms with E-state index in [1.807, 2.05) is 84.9 Å². The summed E-state index contributed by atoms with van der Waals surface area (Å²) in [5, 5.41) is 12.3. The monoisotopic (exact) mass is 689 g/mol. The number of hydrogen-bond donors (Lipinski definition) is 0. The molecule has 254 valence electrons. The van der Waals surface area contributed by atoms with Gasteiger partial charge in [-0.15, -0.1) is 0 Å². The molecule has 10 nitrogen and oxygen atoms in total. The fraction of sp³-hybridized carbons (Fsp3) is 0.205. The standard InChI is InChI=1S/C39H35N3O7S/c1-5-48-38(44)34-35(27-14-10-7-11-15-27)40-39-41(36(34)28-18-16-26(17-19-28)24(2)3)37(43)33(50-39)21-29-20-31(47-4)32(22-30(29)42(45)46)49-23-25-12-8-6-9-13-25/h6-22,24,36H,5,23H2,1-4H3/b33-21-/t36-/m1/s1. The van der Waals surface area contributed by atoms with E-state index in [0.29, 0.717) is 21.6 Å². The van der Waals surface area contributed by atoms with Crippen LogP contribution >= 0.6 is 11.3 Å². The predicted molar refractivity (Wildman–Crippen MR) is 192 cm³/mol. The number of esters is 1. The molecule has 0 fully saturated rings. The lowest BCUT2D eigenvalue weighted by Crippen LogP contribution is -2.40. The summed E-state index contributed by atoms with van der Waals surface area (Å²) in [5.41, 5.74) is 3.40. The number of thiazole rings is 1. The van der Waals surface area contributed by atoms with Crippen LogP contribution < -0.4 is 24.4 Å². The largest absolute Gasteiger partial charge is 0.493 e. The Morgan fingerprint density at radius 2 is 1.68 bits per heavy atom. The second-order valence-electron chi connectivity index (χ2n) is 11.8. The van der Waals surface area contributed by atoms with E-state index in [2.05, 4.69) is 13.8 Å². The Kier molecular flexibility index (Phi) is 10.1. The Labute approximate surface area is 292 Å². The first-order valence-corrected chi connectivity index (χ1v) is 16.9. The van der Waals surface area contributed by atoms with Crippen molar-refractivity contribution in [3.05, 3.63) is 160 Å². The Balaban J connectivity index is 1.55. The van der Waals surface area contributed by atoms with Gasteiger partial charge in [0.2, 0.25) is 0 Å². The maximum atomic E-state index is 14.4. The number of carbonyl (C=O) groups excluding carboxylic acids is 1. The summed E-state index contributed by atoms with van der Waals surface area (Å²) < 4.78 is 18.7. The van der Waals surface area contributed by atoms with Gasteiger partial charge < -0.3 is 14.2 Å². The predicted octanol–water partition coefficient (Wildman–Crippen LogP) is 6.55. The van der Waals surface area contributed by atoms with Crippen LogP contribution in [0.4, 0.5) is 5.69 Å². The zero-order valence-corrected chi connectivity index (χ0v) is 28.8. The first kappa shape index (κ1) is 34.1. The van der Waals surface area contributed by atoms with Gasteiger partial charge >= 0.3 is 5.97 Å². The van der Waals surface area contributed by atoms with Gasteiger partial charge in [-0.1, -0.05) is 110 Å². The lowest BCUT2D eigenvalue weighted by Gasteiger charge is -2.26. The number of nitrogens with zero attached hydrogens (tertiary/aromatic N) is 3. The van der Waals surface area contributed by atoms with E-state index in [9.17, 15) is 19.7 Å². The third-order valence-corrected chi connectivity index (χ3v) is 9.31. The summed E-state index contributed by atoms with van der Waals surface area (Å²) in [6.07, 6.45) is 1.46. The van der Waals surface area contributed by atoms with Crippen molar-refractivity contribution >= 4 is 34.8 Å². The molecule has 0 unspecified atom stereocenters. The second-order valence-corrected chi connectivity index (χ2v) is 12.9. The highest BCUT2D eigenvalue weighted by Crippen LogP contribution is 2.37. The number of methoxy groups -OCH3 is 1. The van der Waals surface area contributed by atoms with Gasteiger partial charge in [0.05, 0.1) is 52.1 Å². The van der Waals surface area contributed by atoms with Crippen molar-refractivity contribution in [3.8, 4) is 11.5 Å². The van der Waals surface area contributed by atoms with Crippen molar-refractivity contribution in [3.63, 3.8) is 0 Å². The molecule has 0 spiro atoms. The number of ether oxygens (including phenoxy) is 3. The number of hydrogen-bond acceptors (Lipinski definition) is 9. The summed E-state index contributed by atoms with van der Waals surface area (Å²) in [6, 6.07) is 28.4. The minimum absolute atomic E-state index is 0.129. The Morgan fingerprint density at radius 1 is 1.00 bits per heavy atom. The van der Waals surface area contributed by atoms with E-state index in [-0.39, 0.29) is 52.0 Å². The van der Waals surface area contributed by atoms with E-state index in [4.69, 9.17) is 19.2 Å². The lowest BCUT2D eigenvalue weighted by molar-refractivity contribution is -0.385. The van der Waals surface area contributed by atoms with Crippen molar-refractivity contribution in [1.29, 1.82) is 0 Å². The van der Waals surface area contributed by atoms with E-state index in [1.165, 1.54) is 29.9 Å². The minimum atomic E-state index is -0.873. The molecule has 1 atom stereocenters. The molecular weight excluding hydrogens is 655 g/mol. The molecule has 0 bridgehead atoms. The molecule has 50 heavy (non-hydrogen) atoms. The highest BCUT2D eigenvalue weighted by atomic mass is 32.1. The van der Waals surface area contributed by atoms with Crippen LogP contribution in [0.5, 0.6) is 11.5 Å². The highest BCUT2D eigenvalue weighted by Gasteiger charge is 2.35. The molecule has 6 rings (SSSR count). The van der Waals surface area contributed by atoms with Gasteiger partial charge in [0.25, 0.3) is 11.2 Å². The van der Waals surface area contributed by atoms with Crippen LogP contribution in [0.3, 0.4) is 0 Å². The van der Waals surface area contributed by atoms with E-state index in [0.717, 1.165) is 22.5 Å². The summed E-state index contributed by atoms with van der Waals surface area (Å²) in [6.45, 7) is 6.21. The van der Waals surface area contributed by atoms with Crippen LogP contribution in [-0.4, -0.2) is 29.2 Å². The van der Waals surface area contributed by atoms with Crippen LogP contribution in [-0.2, 0) is 16.1 Å². The first-order valence-electron chi connectivity index (χ1n) is 16.1. The van der Waals surface area contributed by atoms with Gasteiger partial charge in [-0.25, -0.2) is 9.79 Å². The third-order valence-electron chi connectivity index (χ3n) is 8.33. The number of nitro benzene ring substituents is 1. The van der Waals surface area contributed by atoms with Gasteiger partial charge in [0.15, 0.2) is 16.3 Å². The second kappa shape index (κ2) is 14.8. The van der Waals surface area contributed by atoms with Crippen LogP contribution in [0, 0.1) is 10.1 Å². The van der Waals surface area contributed by atoms with Gasteiger partial charge in [0.1, 0.15) is 6.61 Å². The number of fused-ring (bicyclic) bond motifs is 1. The molecule has 1 aromatic heterocycles. The van der Waals surface area contributed by atoms with Crippen molar-refractivity contribution in [2.75, 3.05) is 13.7 Å². The Morgan fingerprint density at radius 3 is 2.30 bits per heavy atom. The number of rotatable bonds is 11. The minimum Gasteiger partial charge on any atom is -0.493 e. The van der Waals surface area contributed by atoms with Crippen molar-refractivity contribution in [2.24, 2.45) is 4.99 Å². The summed E-state index contributed by atoms with van der Waals surface area (Å²) in [7, 11) is 1.45. The third kappa shape index (κ3) is 6.85. The summed E-state index contributed by atoms with van der Waals surface area (Å²) in [5.74, 6) is 0.144. The molecule has 0 N–H and O–H groups in total. The van der Waals surface area contributed by atoms with Crippen molar-refractivity contribution in [1.82, 2.24) is 4.57 Å². The fourth-order valence-corrected chi connectivity index (χ4v) is 6.80. The average Bonchev–Trinajstić information content (AvgIpc) is 3.44. The smallest absolute Gasteiger partial charge is 0.338 e.